The molecule has 0 saturated carbocycles. The highest BCUT2D eigenvalue weighted by molar-refractivity contribution is 5.83. The minimum absolute atomic E-state index is 0.116. The van der Waals surface area contributed by atoms with Gasteiger partial charge in [-0.2, -0.15) is 5.10 Å². The molecule has 0 aromatic carbocycles. The van der Waals surface area contributed by atoms with E-state index in [1.807, 2.05) is 20.8 Å². The van der Waals surface area contributed by atoms with Gasteiger partial charge in [-0.25, -0.2) is 0 Å². The standard InChI is InChI=1S/C9H14N2O2/c1-9(2,3)7-5-6(8(12)13)11(4)10-7/h5H,1-4H3,(H,12,13)/p-1. The molecule has 0 spiro atoms. The number of carboxylic acid groups (broad SMARTS) is 1. The van der Waals surface area contributed by atoms with Crippen LogP contribution in [-0.4, -0.2) is 15.7 Å². The van der Waals surface area contributed by atoms with Gasteiger partial charge in [-0.1, -0.05) is 20.8 Å². The molecule has 4 heteroatoms. The molecule has 0 bridgehead atoms. The van der Waals surface area contributed by atoms with Gasteiger partial charge in [0.25, 0.3) is 0 Å². The van der Waals surface area contributed by atoms with Crippen LogP contribution in [0.3, 0.4) is 0 Å². The molecule has 0 aliphatic carbocycles. The van der Waals surface area contributed by atoms with E-state index in [1.165, 1.54) is 4.68 Å². The maximum atomic E-state index is 10.6. The summed E-state index contributed by atoms with van der Waals surface area (Å²) in [5.41, 5.74) is 0.741. The predicted octanol–water partition coefficient (Wildman–Crippen LogP) is 0.0811. The number of nitrogens with zero attached hydrogens (tertiary/aromatic N) is 2. The third-order valence-electron chi connectivity index (χ3n) is 1.86. The van der Waals surface area contributed by atoms with Gasteiger partial charge in [0.1, 0.15) is 0 Å². The largest absolute Gasteiger partial charge is 0.543 e. The Morgan fingerprint density at radius 2 is 2.08 bits per heavy atom. The smallest absolute Gasteiger partial charge is 0.0896 e. The van der Waals surface area contributed by atoms with Crippen LogP contribution in [0.5, 0.6) is 0 Å². The monoisotopic (exact) mass is 181 g/mol. The summed E-state index contributed by atoms with van der Waals surface area (Å²) >= 11 is 0. The molecular formula is C9H13N2O2-. The average Bonchev–Trinajstić information content (AvgIpc) is 2.29. The number of aryl methyl sites for hydroxylation is 1. The van der Waals surface area contributed by atoms with E-state index in [2.05, 4.69) is 5.10 Å². The first-order valence-electron chi connectivity index (χ1n) is 4.08. The number of carbonyl (C=O) groups excluding carboxylic acids is 1. The zero-order valence-electron chi connectivity index (χ0n) is 8.29. The van der Waals surface area contributed by atoms with Crippen LogP contribution < -0.4 is 5.11 Å². The summed E-state index contributed by atoms with van der Waals surface area (Å²) in [4.78, 5) is 10.6. The minimum atomic E-state index is -1.19. The molecule has 1 heterocycles. The van der Waals surface area contributed by atoms with Crippen LogP contribution in [-0.2, 0) is 12.5 Å². The molecule has 0 saturated heterocycles. The van der Waals surface area contributed by atoms with Gasteiger partial charge in [-0.05, 0) is 6.07 Å². The topological polar surface area (TPSA) is 58.0 Å². The van der Waals surface area contributed by atoms with E-state index < -0.39 is 5.97 Å². The van der Waals surface area contributed by atoms with Gasteiger partial charge in [0.05, 0.1) is 17.4 Å². The number of aromatic nitrogens is 2. The number of hydrogen-bond donors (Lipinski definition) is 0. The van der Waals surface area contributed by atoms with Gasteiger partial charge in [0.2, 0.25) is 0 Å². The third-order valence-corrected chi connectivity index (χ3v) is 1.86. The first kappa shape index (κ1) is 9.77. The van der Waals surface area contributed by atoms with Gasteiger partial charge < -0.3 is 9.90 Å². The average molecular weight is 181 g/mol. The lowest BCUT2D eigenvalue weighted by atomic mass is 9.92. The molecule has 0 atom stereocenters. The van der Waals surface area contributed by atoms with Crippen molar-refractivity contribution in [3.8, 4) is 0 Å². The van der Waals surface area contributed by atoms with Crippen LogP contribution in [0.25, 0.3) is 0 Å². The van der Waals surface area contributed by atoms with Crippen molar-refractivity contribution in [3.05, 3.63) is 17.5 Å². The molecule has 1 rings (SSSR count). The molecule has 0 amide bonds. The second kappa shape index (κ2) is 2.87. The van der Waals surface area contributed by atoms with Crippen molar-refractivity contribution in [3.63, 3.8) is 0 Å². The van der Waals surface area contributed by atoms with Crippen LogP contribution in [0, 0.1) is 0 Å². The summed E-state index contributed by atoms with van der Waals surface area (Å²) in [6.45, 7) is 5.94. The van der Waals surface area contributed by atoms with E-state index >= 15 is 0 Å². The van der Waals surface area contributed by atoms with Crippen molar-refractivity contribution in [1.82, 2.24) is 9.78 Å². The van der Waals surface area contributed by atoms with Gasteiger partial charge in [0, 0.05) is 12.5 Å². The number of carboxylic acids is 1. The van der Waals surface area contributed by atoms with Crippen molar-refractivity contribution in [1.29, 1.82) is 0 Å². The van der Waals surface area contributed by atoms with E-state index in [-0.39, 0.29) is 11.1 Å². The maximum Gasteiger partial charge on any atom is 0.0896 e. The van der Waals surface area contributed by atoms with Crippen LogP contribution >= 0.6 is 0 Å². The SMILES string of the molecule is Cn1nc(C(C)(C)C)cc1C(=O)[O-]. The molecule has 0 N–H and O–H groups in total. The molecule has 0 aliphatic heterocycles. The zero-order valence-corrected chi connectivity index (χ0v) is 8.29. The van der Waals surface area contributed by atoms with Gasteiger partial charge >= 0.3 is 0 Å². The van der Waals surface area contributed by atoms with Crippen molar-refractivity contribution in [2.45, 2.75) is 26.2 Å². The number of carbonyl (C=O) groups is 1. The van der Waals surface area contributed by atoms with Crippen LogP contribution in [0.2, 0.25) is 0 Å². The fraction of sp³-hybridized carbons (Fsp3) is 0.556. The summed E-state index contributed by atoms with van der Waals surface area (Å²) in [6.07, 6.45) is 0. The van der Waals surface area contributed by atoms with Crippen LogP contribution in [0.4, 0.5) is 0 Å². The summed E-state index contributed by atoms with van der Waals surface area (Å²) in [5, 5.41) is 14.7. The Bertz CT molecular complexity index is 334. The van der Waals surface area contributed by atoms with Gasteiger partial charge in [0.15, 0.2) is 0 Å². The lowest BCUT2D eigenvalue weighted by molar-refractivity contribution is -0.255. The van der Waals surface area contributed by atoms with Crippen molar-refractivity contribution in [2.75, 3.05) is 0 Å². The third kappa shape index (κ3) is 1.88. The number of aromatic carboxylic acids is 1. The fourth-order valence-electron chi connectivity index (χ4n) is 1.02. The van der Waals surface area contributed by atoms with Crippen LogP contribution in [0.15, 0.2) is 6.07 Å². The minimum Gasteiger partial charge on any atom is -0.543 e. The van der Waals surface area contributed by atoms with Crippen molar-refractivity contribution < 1.29 is 9.90 Å². The summed E-state index contributed by atoms with van der Waals surface area (Å²) in [5.74, 6) is -1.19. The predicted molar refractivity (Wildman–Crippen MR) is 46.2 cm³/mol. The molecule has 1 aromatic rings. The molecule has 0 fully saturated rings. The second-order valence-corrected chi connectivity index (χ2v) is 4.08. The Labute approximate surface area is 77.2 Å². The maximum absolute atomic E-state index is 10.6. The van der Waals surface area contributed by atoms with Crippen LogP contribution in [0.1, 0.15) is 37.0 Å². The highest BCUT2D eigenvalue weighted by Gasteiger charge is 2.18. The highest BCUT2D eigenvalue weighted by atomic mass is 16.4. The number of hydrogen-bond acceptors (Lipinski definition) is 3. The lowest BCUT2D eigenvalue weighted by Gasteiger charge is -2.13. The molecule has 72 valence electrons. The summed E-state index contributed by atoms with van der Waals surface area (Å²) in [6, 6.07) is 1.55. The van der Waals surface area contributed by atoms with Crippen molar-refractivity contribution >= 4 is 5.97 Å². The molecule has 0 unspecified atom stereocenters. The van der Waals surface area contributed by atoms with E-state index in [1.54, 1.807) is 13.1 Å². The molecule has 0 radical (unpaired) electrons. The Hall–Kier alpha value is -1.32. The molecule has 13 heavy (non-hydrogen) atoms. The number of rotatable bonds is 1. The van der Waals surface area contributed by atoms with Gasteiger partial charge in [-0.15, -0.1) is 0 Å². The molecule has 0 aliphatic rings. The van der Waals surface area contributed by atoms with E-state index in [0.29, 0.717) is 0 Å². The quantitative estimate of drug-likeness (QED) is 0.616. The Morgan fingerprint density at radius 1 is 1.54 bits per heavy atom. The Morgan fingerprint density at radius 3 is 2.31 bits per heavy atom. The zero-order chi connectivity index (χ0) is 10.2. The van der Waals surface area contributed by atoms with Gasteiger partial charge in [-0.3, -0.25) is 4.68 Å². The fourth-order valence-corrected chi connectivity index (χ4v) is 1.02. The lowest BCUT2D eigenvalue weighted by Crippen LogP contribution is -2.24. The first-order valence-corrected chi connectivity index (χ1v) is 4.08. The normalized spacial score (nSPS) is 11.7. The summed E-state index contributed by atoms with van der Waals surface area (Å²) in [7, 11) is 1.60. The first-order chi connectivity index (χ1) is 5.82. The van der Waals surface area contributed by atoms with E-state index in [4.69, 9.17) is 0 Å². The Kier molecular flexibility index (Phi) is 2.15. The van der Waals surface area contributed by atoms with E-state index in [0.717, 1.165) is 5.69 Å². The van der Waals surface area contributed by atoms with Crippen molar-refractivity contribution in [2.24, 2.45) is 7.05 Å². The molecule has 1 aromatic heterocycles. The Balaban J connectivity index is 3.17. The molecular weight excluding hydrogens is 168 g/mol. The highest BCUT2D eigenvalue weighted by Crippen LogP contribution is 2.20. The molecule has 4 nitrogen and oxygen atoms in total. The van der Waals surface area contributed by atoms with E-state index in [9.17, 15) is 9.90 Å². The second-order valence-electron chi connectivity index (χ2n) is 4.08. The summed E-state index contributed by atoms with van der Waals surface area (Å²) < 4.78 is 1.33.